The summed E-state index contributed by atoms with van der Waals surface area (Å²) in [4.78, 5) is 9.33. The fourth-order valence-corrected chi connectivity index (χ4v) is 4.45. The van der Waals surface area contributed by atoms with Crippen molar-refractivity contribution in [2.45, 2.75) is 70.9 Å². The summed E-state index contributed by atoms with van der Waals surface area (Å²) in [7, 11) is 0. The maximum Gasteiger partial charge on any atom is 0.176 e. The summed E-state index contributed by atoms with van der Waals surface area (Å²) in [5, 5.41) is 0. The molecule has 1 atom stereocenters. The second-order valence-electron chi connectivity index (χ2n) is 7.81. The van der Waals surface area contributed by atoms with Gasteiger partial charge in [-0.1, -0.05) is 37.8 Å². The lowest BCUT2D eigenvalue weighted by atomic mass is 9.94. The second-order valence-corrected chi connectivity index (χ2v) is 7.81. The van der Waals surface area contributed by atoms with Gasteiger partial charge in [-0.25, -0.2) is 9.97 Å². The average molecular weight is 338 g/mol. The predicted octanol–water partition coefficient (Wildman–Crippen LogP) is 5.07. The van der Waals surface area contributed by atoms with Crippen molar-refractivity contribution in [3.63, 3.8) is 0 Å². The molecule has 2 heterocycles. The highest BCUT2D eigenvalue weighted by Gasteiger charge is 2.19. The minimum atomic E-state index is 0.725. The lowest BCUT2D eigenvalue weighted by molar-refractivity contribution is 0.394. The van der Waals surface area contributed by atoms with Crippen LogP contribution in [0.15, 0.2) is 36.9 Å². The molecule has 0 N–H and O–H groups in total. The quantitative estimate of drug-likeness (QED) is 0.563. The van der Waals surface area contributed by atoms with Crippen LogP contribution in [0.25, 0.3) is 11.6 Å². The van der Waals surface area contributed by atoms with Gasteiger partial charge in [0.05, 0.1) is 0 Å². The van der Waals surface area contributed by atoms with Crippen LogP contribution >= 0.6 is 0 Å². The summed E-state index contributed by atoms with van der Waals surface area (Å²) < 4.78 is 4.66. The molecule has 2 aliphatic rings. The third-order valence-electron chi connectivity index (χ3n) is 5.89. The first-order valence-corrected chi connectivity index (χ1v) is 10.1. The van der Waals surface area contributed by atoms with Crippen LogP contribution < -0.4 is 0 Å². The van der Waals surface area contributed by atoms with E-state index in [1.807, 2.05) is 12.4 Å². The summed E-state index contributed by atoms with van der Waals surface area (Å²) in [5.41, 5.74) is 0. The van der Waals surface area contributed by atoms with Crippen molar-refractivity contribution in [2.24, 2.45) is 11.8 Å². The standard InChI is InChI=1S/C21H30N4/c1-2-5-9-18(8-4-1)16-24-14-12-22-20(24)21-23-13-15-25(21)17-19-10-6-3-7-11-19/h3,6,12-15,18-19H,1-2,4-5,7-11,16-17H2. The van der Waals surface area contributed by atoms with Gasteiger partial charge in [0.1, 0.15) is 0 Å². The van der Waals surface area contributed by atoms with Crippen molar-refractivity contribution < 1.29 is 0 Å². The lowest BCUT2D eigenvalue weighted by Gasteiger charge is -2.20. The molecule has 0 aliphatic heterocycles. The number of allylic oxidation sites excluding steroid dienone is 2. The summed E-state index contributed by atoms with van der Waals surface area (Å²) in [5.74, 6) is 3.60. The monoisotopic (exact) mass is 338 g/mol. The molecule has 0 amide bonds. The topological polar surface area (TPSA) is 35.6 Å². The number of nitrogens with zero attached hydrogens (tertiary/aromatic N) is 4. The molecule has 1 unspecified atom stereocenters. The summed E-state index contributed by atoms with van der Waals surface area (Å²) in [6.07, 6.45) is 24.8. The number of hydrogen-bond donors (Lipinski definition) is 0. The summed E-state index contributed by atoms with van der Waals surface area (Å²) in [6.45, 7) is 2.14. The Morgan fingerprint density at radius 1 is 0.760 bits per heavy atom. The molecule has 2 aliphatic carbocycles. The molecule has 2 aromatic heterocycles. The largest absolute Gasteiger partial charge is 0.328 e. The molecule has 0 aromatic carbocycles. The molecule has 4 nitrogen and oxygen atoms in total. The minimum absolute atomic E-state index is 0.725. The van der Waals surface area contributed by atoms with E-state index < -0.39 is 0 Å². The molecular weight excluding hydrogens is 308 g/mol. The third kappa shape index (κ3) is 4.05. The highest BCUT2D eigenvalue weighted by Crippen LogP contribution is 2.27. The van der Waals surface area contributed by atoms with E-state index in [-0.39, 0.29) is 0 Å². The zero-order valence-corrected chi connectivity index (χ0v) is 15.2. The number of rotatable bonds is 5. The zero-order chi connectivity index (χ0) is 16.9. The first-order chi connectivity index (χ1) is 12.4. The highest BCUT2D eigenvalue weighted by molar-refractivity contribution is 5.44. The third-order valence-corrected chi connectivity index (χ3v) is 5.89. The normalized spacial score (nSPS) is 22.2. The Morgan fingerprint density at radius 3 is 2.00 bits per heavy atom. The minimum Gasteiger partial charge on any atom is -0.328 e. The summed E-state index contributed by atoms with van der Waals surface area (Å²) >= 11 is 0. The molecule has 1 saturated carbocycles. The van der Waals surface area contributed by atoms with Gasteiger partial charge in [-0.05, 0) is 43.9 Å². The van der Waals surface area contributed by atoms with Crippen LogP contribution in [0.1, 0.15) is 57.8 Å². The molecule has 0 radical (unpaired) electrons. The van der Waals surface area contributed by atoms with Crippen molar-refractivity contribution in [2.75, 3.05) is 0 Å². The van der Waals surface area contributed by atoms with Gasteiger partial charge in [-0.2, -0.15) is 0 Å². The maximum absolute atomic E-state index is 4.67. The molecule has 4 rings (SSSR count). The van der Waals surface area contributed by atoms with Crippen LogP contribution in [0.3, 0.4) is 0 Å². The first-order valence-electron chi connectivity index (χ1n) is 10.1. The van der Waals surface area contributed by atoms with E-state index in [0.29, 0.717) is 0 Å². The number of imidazole rings is 2. The Morgan fingerprint density at radius 2 is 1.40 bits per heavy atom. The Kier molecular flexibility index (Phi) is 5.34. The van der Waals surface area contributed by atoms with E-state index in [0.717, 1.165) is 36.6 Å². The SMILES string of the molecule is C1=CCC(Cn2ccnc2-c2nccn2CC2CCCCCC2)CC1. The van der Waals surface area contributed by atoms with Crippen molar-refractivity contribution in [3.05, 3.63) is 36.9 Å². The molecule has 2 aromatic rings. The Bertz CT molecular complexity index is 688. The molecular formula is C21H30N4. The lowest BCUT2D eigenvalue weighted by Crippen LogP contribution is -2.15. The zero-order valence-electron chi connectivity index (χ0n) is 15.2. The fourth-order valence-electron chi connectivity index (χ4n) is 4.45. The van der Waals surface area contributed by atoms with Gasteiger partial charge in [-0.15, -0.1) is 0 Å². The van der Waals surface area contributed by atoms with Gasteiger partial charge >= 0.3 is 0 Å². The van der Waals surface area contributed by atoms with Crippen molar-refractivity contribution in [3.8, 4) is 11.6 Å². The van der Waals surface area contributed by atoms with Gasteiger partial charge in [0.2, 0.25) is 0 Å². The van der Waals surface area contributed by atoms with Crippen LogP contribution in [0.5, 0.6) is 0 Å². The van der Waals surface area contributed by atoms with Gasteiger partial charge in [0.15, 0.2) is 11.6 Å². The van der Waals surface area contributed by atoms with Gasteiger partial charge < -0.3 is 9.13 Å². The Labute approximate surface area is 151 Å². The molecule has 25 heavy (non-hydrogen) atoms. The molecule has 0 bridgehead atoms. The van der Waals surface area contributed by atoms with Crippen LogP contribution in [-0.2, 0) is 13.1 Å². The number of aromatic nitrogens is 4. The van der Waals surface area contributed by atoms with E-state index in [9.17, 15) is 0 Å². The first kappa shape index (κ1) is 16.6. The molecule has 1 fully saturated rings. The van der Waals surface area contributed by atoms with Crippen LogP contribution in [0.4, 0.5) is 0 Å². The van der Waals surface area contributed by atoms with Crippen molar-refractivity contribution in [1.29, 1.82) is 0 Å². The number of hydrogen-bond acceptors (Lipinski definition) is 2. The molecule has 0 spiro atoms. The smallest absolute Gasteiger partial charge is 0.176 e. The van der Waals surface area contributed by atoms with E-state index in [2.05, 4.69) is 43.6 Å². The van der Waals surface area contributed by atoms with Crippen LogP contribution in [0, 0.1) is 11.8 Å². The molecule has 0 saturated heterocycles. The second kappa shape index (κ2) is 8.03. The average Bonchev–Trinajstić information content (AvgIpc) is 3.19. The van der Waals surface area contributed by atoms with Crippen molar-refractivity contribution >= 4 is 0 Å². The fraction of sp³-hybridized carbons (Fsp3) is 0.619. The highest BCUT2D eigenvalue weighted by atomic mass is 15.2. The van der Waals surface area contributed by atoms with E-state index in [1.165, 1.54) is 57.8 Å². The van der Waals surface area contributed by atoms with E-state index >= 15 is 0 Å². The molecule has 4 heteroatoms. The summed E-state index contributed by atoms with van der Waals surface area (Å²) in [6, 6.07) is 0. The maximum atomic E-state index is 4.67. The van der Waals surface area contributed by atoms with Crippen LogP contribution in [-0.4, -0.2) is 19.1 Å². The Balaban J connectivity index is 1.50. The van der Waals surface area contributed by atoms with Gasteiger partial charge in [0, 0.05) is 37.9 Å². The van der Waals surface area contributed by atoms with Gasteiger partial charge in [0.25, 0.3) is 0 Å². The van der Waals surface area contributed by atoms with E-state index in [1.54, 1.807) is 0 Å². The van der Waals surface area contributed by atoms with Gasteiger partial charge in [-0.3, -0.25) is 0 Å². The molecule has 134 valence electrons. The van der Waals surface area contributed by atoms with Crippen molar-refractivity contribution in [1.82, 2.24) is 19.1 Å². The predicted molar refractivity (Wildman–Crippen MR) is 101 cm³/mol. The van der Waals surface area contributed by atoms with E-state index in [4.69, 9.17) is 0 Å². The van der Waals surface area contributed by atoms with Crippen LogP contribution in [0.2, 0.25) is 0 Å². The Hall–Kier alpha value is -1.84.